The fourth-order valence-electron chi connectivity index (χ4n) is 3.99. The molecule has 24 heavy (non-hydrogen) atoms. The molecule has 6 heteroatoms. The predicted molar refractivity (Wildman–Crippen MR) is 95.4 cm³/mol. The molecular weight excluding hydrogens is 320 g/mol. The highest BCUT2D eigenvalue weighted by molar-refractivity contribution is 7.08. The van der Waals surface area contributed by atoms with Crippen molar-refractivity contribution >= 4 is 23.2 Å². The highest BCUT2D eigenvalue weighted by Crippen LogP contribution is 2.40. The van der Waals surface area contributed by atoms with Crippen LogP contribution in [0.25, 0.3) is 0 Å². The maximum absolute atomic E-state index is 12.5. The largest absolute Gasteiger partial charge is 0.340 e. The molecule has 2 aliphatic rings. The monoisotopic (exact) mass is 342 g/mol. The molecule has 126 valence electrons. The molecule has 1 spiro atoms. The first-order valence-corrected chi connectivity index (χ1v) is 9.54. The third-order valence-corrected chi connectivity index (χ3v) is 6.06. The Kier molecular flexibility index (Phi) is 4.22. The van der Waals surface area contributed by atoms with Gasteiger partial charge < -0.3 is 9.80 Å². The van der Waals surface area contributed by atoms with Crippen molar-refractivity contribution in [1.29, 1.82) is 0 Å². The first-order chi connectivity index (χ1) is 11.8. The quantitative estimate of drug-likeness (QED) is 0.842. The number of rotatable bonds is 2. The summed E-state index contributed by atoms with van der Waals surface area (Å²) < 4.78 is 0. The number of carbonyl (C=O) groups excluding carboxylic acids is 1. The van der Waals surface area contributed by atoms with Crippen LogP contribution in [0.5, 0.6) is 0 Å². The fraction of sp³-hybridized carbons (Fsp3) is 0.500. The summed E-state index contributed by atoms with van der Waals surface area (Å²) in [4.78, 5) is 25.7. The van der Waals surface area contributed by atoms with E-state index < -0.39 is 0 Å². The van der Waals surface area contributed by atoms with Gasteiger partial charge in [-0.3, -0.25) is 4.79 Å². The Hall–Kier alpha value is -1.95. The Morgan fingerprint density at radius 2 is 1.92 bits per heavy atom. The number of amides is 1. The van der Waals surface area contributed by atoms with Crippen molar-refractivity contribution in [2.45, 2.75) is 25.7 Å². The van der Waals surface area contributed by atoms with Gasteiger partial charge in [-0.1, -0.05) is 0 Å². The van der Waals surface area contributed by atoms with E-state index in [0.29, 0.717) is 5.41 Å². The van der Waals surface area contributed by atoms with Gasteiger partial charge in [0.25, 0.3) is 5.91 Å². The maximum atomic E-state index is 12.5. The molecule has 0 atom stereocenters. The number of likely N-dealkylation sites (tertiary alicyclic amines) is 1. The van der Waals surface area contributed by atoms with E-state index in [1.807, 2.05) is 40.2 Å². The van der Waals surface area contributed by atoms with Crippen LogP contribution >= 0.6 is 11.3 Å². The summed E-state index contributed by atoms with van der Waals surface area (Å²) in [5, 5.41) is 3.92. The molecule has 2 aromatic rings. The van der Waals surface area contributed by atoms with Crippen molar-refractivity contribution in [3.8, 4) is 0 Å². The van der Waals surface area contributed by atoms with Gasteiger partial charge in [0.2, 0.25) is 5.95 Å². The van der Waals surface area contributed by atoms with Crippen molar-refractivity contribution in [1.82, 2.24) is 14.9 Å². The lowest BCUT2D eigenvalue weighted by Crippen LogP contribution is -2.51. The van der Waals surface area contributed by atoms with Gasteiger partial charge >= 0.3 is 0 Å². The van der Waals surface area contributed by atoms with Gasteiger partial charge in [0.1, 0.15) is 0 Å². The Balaban J connectivity index is 1.41. The molecule has 5 nitrogen and oxygen atoms in total. The number of carbonyl (C=O) groups is 1. The van der Waals surface area contributed by atoms with E-state index in [0.717, 1.165) is 50.5 Å². The summed E-state index contributed by atoms with van der Waals surface area (Å²) in [7, 11) is 0. The lowest BCUT2D eigenvalue weighted by Gasteiger charge is -2.47. The average Bonchev–Trinajstić information content (AvgIpc) is 3.17. The molecule has 0 aromatic carbocycles. The van der Waals surface area contributed by atoms with Crippen LogP contribution < -0.4 is 4.90 Å². The van der Waals surface area contributed by atoms with Gasteiger partial charge in [0, 0.05) is 44.0 Å². The van der Waals surface area contributed by atoms with Crippen molar-refractivity contribution in [2.24, 2.45) is 5.41 Å². The molecule has 0 radical (unpaired) electrons. The number of nitrogens with zero attached hydrogens (tertiary/aromatic N) is 4. The van der Waals surface area contributed by atoms with Crippen LogP contribution in [0.3, 0.4) is 0 Å². The van der Waals surface area contributed by atoms with Crippen LogP contribution in [-0.2, 0) is 0 Å². The van der Waals surface area contributed by atoms with Crippen LogP contribution in [0.2, 0.25) is 0 Å². The highest BCUT2D eigenvalue weighted by Gasteiger charge is 2.40. The lowest BCUT2D eigenvalue weighted by molar-refractivity contribution is 0.0540. The Morgan fingerprint density at radius 1 is 1.12 bits per heavy atom. The zero-order valence-electron chi connectivity index (χ0n) is 13.7. The average molecular weight is 342 g/mol. The van der Waals surface area contributed by atoms with Crippen LogP contribution in [-0.4, -0.2) is 47.0 Å². The molecule has 2 aromatic heterocycles. The van der Waals surface area contributed by atoms with Crippen molar-refractivity contribution in [3.05, 3.63) is 40.8 Å². The van der Waals surface area contributed by atoms with Crippen molar-refractivity contribution in [3.63, 3.8) is 0 Å². The highest BCUT2D eigenvalue weighted by atomic mass is 32.1. The smallest absolute Gasteiger partial charge is 0.254 e. The van der Waals surface area contributed by atoms with E-state index >= 15 is 0 Å². The molecular formula is C18H22N4OS. The second-order valence-electron chi connectivity index (χ2n) is 6.88. The molecule has 0 N–H and O–H groups in total. The Bertz CT molecular complexity index is 680. The first-order valence-electron chi connectivity index (χ1n) is 8.59. The second kappa shape index (κ2) is 6.51. The van der Waals surface area contributed by atoms with Gasteiger partial charge in [-0.2, -0.15) is 11.3 Å². The third kappa shape index (κ3) is 3.02. The third-order valence-electron chi connectivity index (χ3n) is 5.38. The molecule has 4 heterocycles. The molecule has 1 amide bonds. The fourth-order valence-corrected chi connectivity index (χ4v) is 4.62. The predicted octanol–water partition coefficient (Wildman–Crippen LogP) is 3.06. The summed E-state index contributed by atoms with van der Waals surface area (Å²) in [6.07, 6.45) is 8.20. The van der Waals surface area contributed by atoms with Crippen LogP contribution in [0.4, 0.5) is 5.95 Å². The second-order valence-corrected chi connectivity index (χ2v) is 7.66. The van der Waals surface area contributed by atoms with E-state index in [1.54, 1.807) is 11.3 Å². The van der Waals surface area contributed by atoms with Gasteiger partial charge in [0.05, 0.1) is 5.56 Å². The van der Waals surface area contributed by atoms with Gasteiger partial charge in [-0.15, -0.1) is 0 Å². The summed E-state index contributed by atoms with van der Waals surface area (Å²) in [6, 6.07) is 3.78. The SMILES string of the molecule is O=C(c1ccsc1)N1CCC2(CCCN(c3ncccn3)C2)CC1. The maximum Gasteiger partial charge on any atom is 0.254 e. The van der Waals surface area contributed by atoms with E-state index in [-0.39, 0.29) is 5.91 Å². The summed E-state index contributed by atoms with van der Waals surface area (Å²) >= 11 is 1.58. The minimum absolute atomic E-state index is 0.185. The number of aromatic nitrogens is 2. The van der Waals surface area contributed by atoms with Gasteiger partial charge in [-0.25, -0.2) is 9.97 Å². The van der Waals surface area contributed by atoms with E-state index in [1.165, 1.54) is 12.8 Å². The van der Waals surface area contributed by atoms with Crippen molar-refractivity contribution < 1.29 is 4.79 Å². The normalized spacial score (nSPS) is 20.3. The minimum Gasteiger partial charge on any atom is -0.340 e. The molecule has 4 rings (SSSR count). The number of piperidine rings is 2. The number of hydrogen-bond acceptors (Lipinski definition) is 5. The van der Waals surface area contributed by atoms with E-state index in [4.69, 9.17) is 0 Å². The molecule has 0 aliphatic carbocycles. The summed E-state index contributed by atoms with van der Waals surface area (Å²) in [5.41, 5.74) is 1.14. The summed E-state index contributed by atoms with van der Waals surface area (Å²) in [6.45, 7) is 3.76. The molecule has 0 saturated carbocycles. The van der Waals surface area contributed by atoms with Gasteiger partial charge in [0.15, 0.2) is 0 Å². The number of anilines is 1. The molecule has 2 fully saturated rings. The first kappa shape index (κ1) is 15.6. The van der Waals surface area contributed by atoms with E-state index in [9.17, 15) is 4.79 Å². The zero-order valence-corrected chi connectivity index (χ0v) is 14.5. The molecule has 2 saturated heterocycles. The number of hydrogen-bond donors (Lipinski definition) is 0. The van der Waals surface area contributed by atoms with Crippen LogP contribution in [0, 0.1) is 5.41 Å². The van der Waals surface area contributed by atoms with E-state index in [2.05, 4.69) is 14.9 Å². The lowest BCUT2D eigenvalue weighted by atomic mass is 9.72. The zero-order chi connectivity index (χ0) is 16.4. The Morgan fingerprint density at radius 3 is 2.62 bits per heavy atom. The van der Waals surface area contributed by atoms with Crippen molar-refractivity contribution in [2.75, 3.05) is 31.1 Å². The minimum atomic E-state index is 0.185. The van der Waals surface area contributed by atoms with Crippen LogP contribution in [0.1, 0.15) is 36.0 Å². The standard InChI is InChI=1S/C18H22N4OS/c23-16(15-3-12-24-13-15)21-10-5-18(6-11-21)4-1-9-22(14-18)17-19-7-2-8-20-17/h2-3,7-8,12-13H,1,4-6,9-11,14H2. The van der Waals surface area contributed by atoms with Crippen LogP contribution in [0.15, 0.2) is 35.3 Å². The number of thiophene rings is 1. The topological polar surface area (TPSA) is 49.3 Å². The Labute approximate surface area is 146 Å². The molecule has 2 aliphatic heterocycles. The molecule has 0 bridgehead atoms. The summed E-state index contributed by atoms with van der Waals surface area (Å²) in [5.74, 6) is 1.03. The molecule has 0 unspecified atom stereocenters. The van der Waals surface area contributed by atoms with Gasteiger partial charge in [-0.05, 0) is 48.6 Å².